The molecule has 146 valence electrons. The lowest BCUT2D eigenvalue weighted by Crippen LogP contribution is -2.19. The summed E-state index contributed by atoms with van der Waals surface area (Å²) in [4.78, 5) is 19.8. The number of hydrogen-bond acceptors (Lipinski definition) is 2. The zero-order valence-electron chi connectivity index (χ0n) is 16.8. The van der Waals surface area contributed by atoms with Gasteiger partial charge in [0.1, 0.15) is 5.65 Å². The first kappa shape index (κ1) is 18.7. The Bertz CT molecular complexity index is 1140. The Hall–Kier alpha value is -3.60. The monoisotopic (exact) mass is 384 g/mol. The summed E-state index contributed by atoms with van der Waals surface area (Å²) in [6.07, 6.45) is 3.67. The van der Waals surface area contributed by atoms with Crippen LogP contribution >= 0.6 is 0 Å². The highest BCUT2D eigenvalue weighted by Crippen LogP contribution is 2.28. The zero-order valence-corrected chi connectivity index (χ0v) is 16.8. The number of carbonyl (C=O) groups is 1. The van der Waals surface area contributed by atoms with Gasteiger partial charge in [-0.1, -0.05) is 45.0 Å². The number of anilines is 2. The highest BCUT2D eigenvalue weighted by atomic mass is 16.2. The lowest BCUT2D eigenvalue weighted by atomic mass is 9.87. The number of hydrogen-bond donors (Lipinski definition) is 3. The lowest BCUT2D eigenvalue weighted by Gasteiger charge is -2.19. The highest BCUT2D eigenvalue weighted by molar-refractivity contribution is 6.00. The van der Waals surface area contributed by atoms with E-state index in [4.69, 9.17) is 0 Å². The molecule has 0 aliphatic carbocycles. The third kappa shape index (κ3) is 4.14. The Morgan fingerprint density at radius 2 is 1.48 bits per heavy atom. The van der Waals surface area contributed by atoms with Gasteiger partial charge in [-0.2, -0.15) is 0 Å². The largest absolute Gasteiger partial charge is 0.346 e. The van der Waals surface area contributed by atoms with Crippen molar-refractivity contribution in [1.82, 2.24) is 9.97 Å². The number of urea groups is 1. The Morgan fingerprint density at radius 1 is 0.862 bits per heavy atom. The van der Waals surface area contributed by atoms with E-state index in [1.807, 2.05) is 66.9 Å². The SMILES string of the molecule is CC(C)(C)c1ccc(NC(=O)Nc2ccc(-c3ccnc4[nH]ccc34)cc2)cc1. The molecule has 2 aromatic carbocycles. The number of aromatic nitrogens is 2. The average molecular weight is 384 g/mol. The predicted molar refractivity (Wildman–Crippen MR) is 119 cm³/mol. The molecule has 2 aromatic heterocycles. The van der Waals surface area contributed by atoms with Gasteiger partial charge in [-0.15, -0.1) is 0 Å². The van der Waals surface area contributed by atoms with E-state index < -0.39 is 0 Å². The number of amides is 2. The van der Waals surface area contributed by atoms with Crippen LogP contribution in [0, 0.1) is 0 Å². The first-order chi connectivity index (χ1) is 13.9. The molecule has 0 spiro atoms. The van der Waals surface area contributed by atoms with Crippen LogP contribution in [0.15, 0.2) is 73.1 Å². The first-order valence-corrected chi connectivity index (χ1v) is 9.61. The number of rotatable bonds is 3. The van der Waals surface area contributed by atoms with Crippen LogP contribution in [0.3, 0.4) is 0 Å². The molecule has 2 amide bonds. The minimum absolute atomic E-state index is 0.0866. The van der Waals surface area contributed by atoms with Gasteiger partial charge in [-0.25, -0.2) is 9.78 Å². The van der Waals surface area contributed by atoms with Crippen molar-refractivity contribution in [2.24, 2.45) is 0 Å². The van der Waals surface area contributed by atoms with Crippen LogP contribution in [0.25, 0.3) is 22.2 Å². The third-order valence-electron chi connectivity index (χ3n) is 4.92. The molecular weight excluding hydrogens is 360 g/mol. The third-order valence-corrected chi connectivity index (χ3v) is 4.92. The molecule has 0 aliphatic rings. The van der Waals surface area contributed by atoms with E-state index in [1.165, 1.54) is 5.56 Å². The lowest BCUT2D eigenvalue weighted by molar-refractivity contribution is 0.262. The molecule has 3 N–H and O–H groups in total. The van der Waals surface area contributed by atoms with Gasteiger partial charge < -0.3 is 15.6 Å². The Labute approximate surface area is 170 Å². The molecule has 5 nitrogen and oxygen atoms in total. The molecule has 0 fully saturated rings. The summed E-state index contributed by atoms with van der Waals surface area (Å²) in [6.45, 7) is 6.50. The van der Waals surface area contributed by atoms with Crippen molar-refractivity contribution in [1.29, 1.82) is 0 Å². The van der Waals surface area contributed by atoms with Crippen LogP contribution in [-0.4, -0.2) is 16.0 Å². The highest BCUT2D eigenvalue weighted by Gasteiger charge is 2.13. The number of nitrogens with zero attached hydrogens (tertiary/aromatic N) is 1. The van der Waals surface area contributed by atoms with Crippen molar-refractivity contribution in [3.05, 3.63) is 78.6 Å². The van der Waals surface area contributed by atoms with Gasteiger partial charge in [0.2, 0.25) is 0 Å². The molecule has 0 atom stereocenters. The van der Waals surface area contributed by atoms with Crippen molar-refractivity contribution in [3.63, 3.8) is 0 Å². The van der Waals surface area contributed by atoms with Crippen LogP contribution in [-0.2, 0) is 5.41 Å². The van der Waals surface area contributed by atoms with Gasteiger partial charge in [-0.3, -0.25) is 0 Å². The topological polar surface area (TPSA) is 69.8 Å². The van der Waals surface area contributed by atoms with Gasteiger partial charge in [-0.05, 0) is 58.5 Å². The Balaban J connectivity index is 1.43. The molecule has 29 heavy (non-hydrogen) atoms. The Kier molecular flexibility index (Phi) is 4.80. The van der Waals surface area contributed by atoms with Crippen LogP contribution in [0.4, 0.5) is 16.2 Å². The van der Waals surface area contributed by atoms with E-state index in [2.05, 4.69) is 41.4 Å². The summed E-state index contributed by atoms with van der Waals surface area (Å²) in [5, 5.41) is 6.82. The normalized spacial score (nSPS) is 11.4. The smallest absolute Gasteiger partial charge is 0.323 e. The minimum Gasteiger partial charge on any atom is -0.346 e. The maximum atomic E-state index is 12.3. The maximum Gasteiger partial charge on any atom is 0.323 e. The minimum atomic E-state index is -0.266. The van der Waals surface area contributed by atoms with Crippen molar-refractivity contribution in [2.75, 3.05) is 10.6 Å². The molecule has 0 saturated heterocycles. The fourth-order valence-corrected chi connectivity index (χ4v) is 3.29. The van der Waals surface area contributed by atoms with Crippen molar-refractivity contribution in [3.8, 4) is 11.1 Å². The van der Waals surface area contributed by atoms with E-state index in [1.54, 1.807) is 6.20 Å². The second kappa shape index (κ2) is 7.43. The molecular formula is C24H24N4O. The van der Waals surface area contributed by atoms with Gasteiger partial charge in [0.25, 0.3) is 0 Å². The van der Waals surface area contributed by atoms with Gasteiger partial charge in [0.15, 0.2) is 0 Å². The van der Waals surface area contributed by atoms with E-state index in [-0.39, 0.29) is 11.4 Å². The van der Waals surface area contributed by atoms with Crippen LogP contribution in [0.2, 0.25) is 0 Å². The Morgan fingerprint density at radius 3 is 2.10 bits per heavy atom. The van der Waals surface area contributed by atoms with Crippen LogP contribution < -0.4 is 10.6 Å². The molecule has 4 rings (SSSR count). The second-order valence-corrected chi connectivity index (χ2v) is 8.08. The van der Waals surface area contributed by atoms with Crippen molar-refractivity contribution < 1.29 is 4.79 Å². The van der Waals surface area contributed by atoms with E-state index in [0.717, 1.165) is 33.5 Å². The molecule has 0 saturated carbocycles. The van der Waals surface area contributed by atoms with Gasteiger partial charge >= 0.3 is 6.03 Å². The van der Waals surface area contributed by atoms with Gasteiger partial charge in [0.05, 0.1) is 0 Å². The molecule has 0 unspecified atom stereocenters. The quantitative estimate of drug-likeness (QED) is 0.395. The first-order valence-electron chi connectivity index (χ1n) is 9.61. The molecule has 2 heterocycles. The zero-order chi connectivity index (χ0) is 20.4. The number of fused-ring (bicyclic) bond motifs is 1. The fraction of sp³-hybridized carbons (Fsp3) is 0.167. The predicted octanol–water partition coefficient (Wildman–Crippen LogP) is 6.17. The number of pyridine rings is 1. The molecule has 0 aliphatic heterocycles. The van der Waals surface area contributed by atoms with E-state index >= 15 is 0 Å². The molecule has 0 radical (unpaired) electrons. The molecule has 0 bridgehead atoms. The number of carbonyl (C=O) groups excluding carboxylic acids is 1. The molecule has 4 aromatic rings. The molecule has 5 heteroatoms. The summed E-state index contributed by atoms with van der Waals surface area (Å²) in [5.41, 5.74) is 5.85. The van der Waals surface area contributed by atoms with Gasteiger partial charge in [0, 0.05) is 29.2 Å². The number of H-pyrrole nitrogens is 1. The summed E-state index contributed by atoms with van der Waals surface area (Å²) >= 11 is 0. The maximum absolute atomic E-state index is 12.3. The van der Waals surface area contributed by atoms with Crippen molar-refractivity contribution >= 4 is 28.4 Å². The van der Waals surface area contributed by atoms with E-state index in [0.29, 0.717) is 0 Å². The van der Waals surface area contributed by atoms with Crippen LogP contribution in [0.1, 0.15) is 26.3 Å². The standard InChI is InChI=1S/C24H24N4O/c1-24(2,3)17-6-10-19(11-7-17)28-23(29)27-18-8-4-16(5-9-18)20-12-14-25-22-21(20)13-15-26-22/h4-15H,1-3H3,(H,25,26)(H2,27,28,29). The summed E-state index contributed by atoms with van der Waals surface area (Å²) in [6, 6.07) is 19.5. The number of nitrogens with one attached hydrogen (secondary N) is 3. The van der Waals surface area contributed by atoms with Crippen LogP contribution in [0.5, 0.6) is 0 Å². The summed E-state index contributed by atoms with van der Waals surface area (Å²) < 4.78 is 0. The summed E-state index contributed by atoms with van der Waals surface area (Å²) in [7, 11) is 0. The fourth-order valence-electron chi connectivity index (χ4n) is 3.29. The van der Waals surface area contributed by atoms with Crippen molar-refractivity contribution in [2.45, 2.75) is 26.2 Å². The second-order valence-electron chi connectivity index (χ2n) is 8.08. The number of aromatic amines is 1. The number of benzene rings is 2. The van der Waals surface area contributed by atoms with E-state index in [9.17, 15) is 4.79 Å². The average Bonchev–Trinajstić information content (AvgIpc) is 3.17. The summed E-state index contributed by atoms with van der Waals surface area (Å²) in [5.74, 6) is 0.